The molecule has 38 heavy (non-hydrogen) atoms. The van der Waals surface area contributed by atoms with Crippen LogP contribution >= 0.6 is 11.3 Å². The van der Waals surface area contributed by atoms with Crippen molar-refractivity contribution >= 4 is 38.6 Å². The zero-order valence-electron chi connectivity index (χ0n) is 22.2. The first-order valence-corrected chi connectivity index (χ1v) is 14.3. The topological polar surface area (TPSA) is 136 Å². The minimum absolute atomic E-state index is 0.201. The number of amides is 1. The summed E-state index contributed by atoms with van der Waals surface area (Å²) in [5.41, 5.74) is 2.91. The van der Waals surface area contributed by atoms with Crippen molar-refractivity contribution in [3.05, 3.63) is 58.2 Å². The lowest BCUT2D eigenvalue weighted by Crippen LogP contribution is -2.18. The van der Waals surface area contributed by atoms with Crippen LogP contribution in [0.15, 0.2) is 41.1 Å². The van der Waals surface area contributed by atoms with Gasteiger partial charge < -0.3 is 14.6 Å². The minimum atomic E-state index is -3.60. The van der Waals surface area contributed by atoms with Crippen LogP contribution in [0.25, 0.3) is 22.2 Å². The van der Waals surface area contributed by atoms with Gasteiger partial charge in [0, 0.05) is 11.1 Å². The largest absolute Gasteiger partial charge is 0.492 e. The van der Waals surface area contributed by atoms with E-state index in [0.717, 1.165) is 27.3 Å². The molecule has 0 aliphatic heterocycles. The van der Waals surface area contributed by atoms with Gasteiger partial charge in [-0.1, -0.05) is 32.0 Å². The molecule has 10 nitrogen and oxygen atoms in total. The first-order chi connectivity index (χ1) is 17.7. The van der Waals surface area contributed by atoms with Crippen LogP contribution in [0.3, 0.4) is 0 Å². The molecule has 200 valence electrons. The number of benzene rings is 2. The fourth-order valence-corrected chi connectivity index (χ4v) is 4.99. The standard InChI is InChI=1S/C26H29N5O5S2/c1-14-8-9-16(10-18(14)23-29-25(36-30-23)21-13-27-15(2)37-21)24(32)28-19-11-17(26(3,4)5)12-20(22(19)35-6)31-38(7,33)34/h8-13,31H,1-7H3,(H,28,32). The molecule has 0 radical (unpaired) electrons. The highest BCUT2D eigenvalue weighted by Gasteiger charge is 2.23. The van der Waals surface area contributed by atoms with Gasteiger partial charge in [-0.05, 0) is 54.7 Å². The van der Waals surface area contributed by atoms with Crippen molar-refractivity contribution in [3.8, 4) is 27.9 Å². The number of nitrogens with zero attached hydrogens (tertiary/aromatic N) is 3. The highest BCUT2D eigenvalue weighted by molar-refractivity contribution is 7.92. The van der Waals surface area contributed by atoms with Crippen LogP contribution in [0.1, 0.15) is 47.3 Å². The van der Waals surface area contributed by atoms with Crippen molar-refractivity contribution in [1.82, 2.24) is 15.1 Å². The Labute approximate surface area is 225 Å². The number of hydrogen-bond acceptors (Lipinski definition) is 9. The van der Waals surface area contributed by atoms with Crippen molar-refractivity contribution in [1.29, 1.82) is 0 Å². The van der Waals surface area contributed by atoms with Gasteiger partial charge in [-0.25, -0.2) is 13.4 Å². The van der Waals surface area contributed by atoms with Gasteiger partial charge in [0.1, 0.15) is 4.88 Å². The predicted octanol–water partition coefficient (Wildman–Crippen LogP) is 5.41. The smallest absolute Gasteiger partial charge is 0.269 e. The number of hydrogen-bond donors (Lipinski definition) is 2. The molecular weight excluding hydrogens is 526 g/mol. The van der Waals surface area contributed by atoms with Crippen LogP contribution in [0.2, 0.25) is 0 Å². The third-order valence-corrected chi connectivity index (χ3v) is 7.19. The van der Waals surface area contributed by atoms with E-state index < -0.39 is 15.9 Å². The Morgan fingerprint density at radius 1 is 1.11 bits per heavy atom. The van der Waals surface area contributed by atoms with E-state index in [-0.39, 0.29) is 16.9 Å². The monoisotopic (exact) mass is 555 g/mol. The van der Waals surface area contributed by atoms with Gasteiger partial charge in [0.2, 0.25) is 15.8 Å². The number of ether oxygens (including phenoxy) is 1. The van der Waals surface area contributed by atoms with Crippen LogP contribution in [0, 0.1) is 13.8 Å². The number of nitrogens with one attached hydrogen (secondary N) is 2. The van der Waals surface area contributed by atoms with Crippen LogP contribution in [0.4, 0.5) is 11.4 Å². The molecule has 0 bridgehead atoms. The maximum absolute atomic E-state index is 13.4. The van der Waals surface area contributed by atoms with E-state index in [1.807, 2.05) is 34.6 Å². The molecule has 2 N–H and O–H groups in total. The first kappa shape index (κ1) is 27.3. The Kier molecular flexibility index (Phi) is 7.31. The number of rotatable bonds is 7. The molecule has 0 aliphatic rings. The molecule has 4 aromatic rings. The van der Waals surface area contributed by atoms with E-state index in [1.165, 1.54) is 18.4 Å². The summed E-state index contributed by atoms with van der Waals surface area (Å²) in [6.45, 7) is 9.75. The quantitative estimate of drug-likeness (QED) is 0.309. The van der Waals surface area contributed by atoms with Crippen LogP contribution in [-0.2, 0) is 15.4 Å². The highest BCUT2D eigenvalue weighted by atomic mass is 32.2. The Morgan fingerprint density at radius 3 is 2.42 bits per heavy atom. The number of aryl methyl sites for hydroxylation is 2. The summed E-state index contributed by atoms with van der Waals surface area (Å²) >= 11 is 1.45. The molecular formula is C26H29N5O5S2. The predicted molar refractivity (Wildman–Crippen MR) is 148 cm³/mol. The van der Waals surface area contributed by atoms with Crippen LogP contribution in [0.5, 0.6) is 5.75 Å². The second kappa shape index (κ2) is 10.2. The van der Waals surface area contributed by atoms with Crippen molar-refractivity contribution in [2.24, 2.45) is 0 Å². The van der Waals surface area contributed by atoms with E-state index in [9.17, 15) is 13.2 Å². The average Bonchev–Trinajstić information content (AvgIpc) is 3.46. The van der Waals surface area contributed by atoms with E-state index >= 15 is 0 Å². The van der Waals surface area contributed by atoms with E-state index in [4.69, 9.17) is 9.26 Å². The van der Waals surface area contributed by atoms with Crippen LogP contribution in [-0.4, -0.2) is 42.8 Å². The summed E-state index contributed by atoms with van der Waals surface area (Å²) < 4.78 is 37.4. The molecule has 0 unspecified atom stereocenters. The third kappa shape index (κ3) is 6.03. The zero-order chi connectivity index (χ0) is 27.8. The summed E-state index contributed by atoms with van der Waals surface area (Å²) in [4.78, 5) is 22.9. The van der Waals surface area contributed by atoms with Crippen LogP contribution < -0.4 is 14.8 Å². The van der Waals surface area contributed by atoms with E-state index in [2.05, 4.69) is 25.2 Å². The molecule has 0 aliphatic carbocycles. The summed E-state index contributed by atoms with van der Waals surface area (Å²) in [5.74, 6) is 0.495. The molecule has 0 saturated heterocycles. The summed E-state index contributed by atoms with van der Waals surface area (Å²) in [7, 11) is -2.18. The maximum atomic E-state index is 13.4. The van der Waals surface area contributed by atoms with Gasteiger partial charge >= 0.3 is 0 Å². The van der Waals surface area contributed by atoms with Crippen molar-refractivity contribution in [2.75, 3.05) is 23.4 Å². The molecule has 2 aromatic heterocycles. The molecule has 2 heterocycles. The number of carbonyl (C=O) groups is 1. The van der Waals surface area contributed by atoms with Crippen molar-refractivity contribution in [2.45, 2.75) is 40.0 Å². The van der Waals surface area contributed by atoms with Gasteiger partial charge in [0.05, 0.1) is 35.9 Å². The second-order valence-corrected chi connectivity index (χ2v) is 12.9. The fourth-order valence-electron chi connectivity index (χ4n) is 3.74. The lowest BCUT2D eigenvalue weighted by Gasteiger charge is -2.24. The Morgan fingerprint density at radius 2 is 1.82 bits per heavy atom. The van der Waals surface area contributed by atoms with Gasteiger partial charge in [0.15, 0.2) is 5.75 Å². The number of anilines is 2. The summed E-state index contributed by atoms with van der Waals surface area (Å²) in [5, 5.41) is 7.87. The van der Waals surface area contributed by atoms with E-state index in [1.54, 1.807) is 36.5 Å². The lowest BCUT2D eigenvalue weighted by molar-refractivity contribution is 0.102. The molecule has 0 atom stereocenters. The number of thiazole rings is 1. The number of carbonyl (C=O) groups excluding carboxylic acids is 1. The second-order valence-electron chi connectivity index (χ2n) is 9.88. The lowest BCUT2D eigenvalue weighted by atomic mass is 9.86. The van der Waals surface area contributed by atoms with Gasteiger partial charge in [-0.15, -0.1) is 11.3 Å². The molecule has 0 saturated carbocycles. The van der Waals surface area contributed by atoms with E-state index in [0.29, 0.717) is 28.5 Å². The summed E-state index contributed by atoms with van der Waals surface area (Å²) in [6, 6.07) is 8.67. The minimum Gasteiger partial charge on any atom is -0.492 e. The average molecular weight is 556 g/mol. The Bertz CT molecular complexity index is 1620. The zero-order valence-corrected chi connectivity index (χ0v) is 23.8. The highest BCUT2D eigenvalue weighted by Crippen LogP contribution is 2.39. The Balaban J connectivity index is 1.70. The normalized spacial score (nSPS) is 11.9. The van der Waals surface area contributed by atoms with Gasteiger partial charge in [0.25, 0.3) is 11.8 Å². The SMILES string of the molecule is COc1c(NC(=O)c2ccc(C)c(-c3noc(-c4cnc(C)s4)n3)c2)cc(C(C)(C)C)cc1NS(C)(=O)=O. The molecule has 4 rings (SSSR count). The fraction of sp³-hybridized carbons (Fsp3) is 0.308. The number of sulfonamides is 1. The van der Waals surface area contributed by atoms with Gasteiger partial charge in [-0.3, -0.25) is 9.52 Å². The molecule has 0 spiro atoms. The first-order valence-electron chi connectivity index (χ1n) is 11.6. The van der Waals surface area contributed by atoms with Crippen molar-refractivity contribution in [3.63, 3.8) is 0 Å². The molecule has 2 aromatic carbocycles. The number of methoxy groups -OCH3 is 1. The summed E-state index contributed by atoms with van der Waals surface area (Å²) in [6.07, 6.45) is 2.74. The molecule has 0 fully saturated rings. The molecule has 12 heteroatoms. The Hall–Kier alpha value is -3.77. The van der Waals surface area contributed by atoms with Crippen molar-refractivity contribution < 1.29 is 22.5 Å². The van der Waals surface area contributed by atoms with Gasteiger partial charge in [-0.2, -0.15) is 4.98 Å². The molecule has 1 amide bonds. The number of aromatic nitrogens is 3. The third-order valence-electron chi connectivity index (χ3n) is 5.70. The maximum Gasteiger partial charge on any atom is 0.269 e.